The first-order valence-corrected chi connectivity index (χ1v) is 8.66. The number of aromatic nitrogens is 1. The first-order valence-electron chi connectivity index (χ1n) is 7.44. The van der Waals surface area contributed by atoms with Gasteiger partial charge in [0.05, 0.1) is 0 Å². The first kappa shape index (κ1) is 15.4. The first-order chi connectivity index (χ1) is 10.3. The molecule has 1 aromatic heterocycles. The van der Waals surface area contributed by atoms with Gasteiger partial charge in [0.1, 0.15) is 4.88 Å². The Morgan fingerprint density at radius 2 is 2.18 bits per heavy atom. The second-order valence-corrected chi connectivity index (χ2v) is 8.37. The number of aromatic amines is 1. The Morgan fingerprint density at radius 1 is 1.45 bits per heavy atom. The number of aryl methyl sites for hydroxylation is 1. The third-order valence-corrected chi connectivity index (χ3v) is 5.76. The predicted octanol–water partition coefficient (Wildman–Crippen LogP) is 5.15. The van der Waals surface area contributed by atoms with Gasteiger partial charge in [-0.1, -0.05) is 44.2 Å². The summed E-state index contributed by atoms with van der Waals surface area (Å²) in [7, 11) is 0. The zero-order valence-electron chi connectivity index (χ0n) is 13.2. The Hall–Kier alpha value is -1.46. The summed E-state index contributed by atoms with van der Waals surface area (Å²) < 4.78 is 0.635. The van der Waals surface area contributed by atoms with Crippen LogP contribution in [0, 0.1) is 10.9 Å². The molecule has 116 valence electrons. The molecule has 3 rings (SSSR count). The molecule has 3 nitrogen and oxygen atoms in total. The van der Waals surface area contributed by atoms with E-state index in [0.29, 0.717) is 14.7 Å². The van der Waals surface area contributed by atoms with Gasteiger partial charge in [0.25, 0.3) is 5.91 Å². The molecule has 22 heavy (non-hydrogen) atoms. The van der Waals surface area contributed by atoms with Crippen molar-refractivity contribution >= 4 is 35.1 Å². The fraction of sp³-hybridized carbons (Fsp3) is 0.412. The molecular weight excluding hydrogens is 312 g/mol. The van der Waals surface area contributed by atoms with Crippen LogP contribution in [0.15, 0.2) is 18.2 Å². The van der Waals surface area contributed by atoms with Crippen LogP contribution in [0.1, 0.15) is 59.6 Å². The fourth-order valence-corrected chi connectivity index (χ4v) is 4.71. The zero-order valence-corrected chi connectivity index (χ0v) is 14.9. The smallest absolute Gasteiger partial charge is 0.267 e. The van der Waals surface area contributed by atoms with E-state index in [2.05, 4.69) is 37.1 Å². The lowest BCUT2D eigenvalue weighted by Gasteiger charge is -2.19. The van der Waals surface area contributed by atoms with Crippen molar-refractivity contribution in [2.75, 3.05) is 5.32 Å². The average molecular weight is 332 g/mol. The molecule has 0 aliphatic heterocycles. The van der Waals surface area contributed by atoms with Gasteiger partial charge in [-0.3, -0.25) is 4.79 Å². The van der Waals surface area contributed by atoms with Crippen LogP contribution in [0.2, 0.25) is 0 Å². The molecule has 0 spiro atoms. The van der Waals surface area contributed by atoms with Crippen LogP contribution in [-0.2, 0) is 5.41 Å². The largest absolute Gasteiger partial charge is 0.340 e. The van der Waals surface area contributed by atoms with Crippen LogP contribution in [0.25, 0.3) is 0 Å². The third-order valence-electron chi connectivity index (χ3n) is 4.42. The van der Waals surface area contributed by atoms with Crippen LogP contribution in [0.4, 0.5) is 5.69 Å². The van der Waals surface area contributed by atoms with E-state index in [4.69, 9.17) is 12.2 Å². The van der Waals surface area contributed by atoms with Crippen molar-refractivity contribution < 1.29 is 4.79 Å². The lowest BCUT2D eigenvalue weighted by Crippen LogP contribution is -2.14. The predicted molar refractivity (Wildman–Crippen MR) is 94.7 cm³/mol. The molecule has 1 amide bonds. The highest BCUT2D eigenvalue weighted by molar-refractivity contribution is 7.73. The fourth-order valence-electron chi connectivity index (χ4n) is 3.57. The summed E-state index contributed by atoms with van der Waals surface area (Å²) in [5.41, 5.74) is 4.54. The van der Waals surface area contributed by atoms with Crippen LogP contribution in [0.5, 0.6) is 0 Å². The van der Waals surface area contributed by atoms with Gasteiger partial charge in [0.2, 0.25) is 0 Å². The highest BCUT2D eigenvalue weighted by atomic mass is 32.1. The second kappa shape index (κ2) is 5.32. The Bertz CT molecular complexity index is 801. The number of anilines is 1. The van der Waals surface area contributed by atoms with Gasteiger partial charge in [0, 0.05) is 11.4 Å². The molecule has 1 aromatic carbocycles. The number of amides is 1. The van der Waals surface area contributed by atoms with Gasteiger partial charge in [0.15, 0.2) is 3.95 Å². The molecule has 0 bridgehead atoms. The van der Waals surface area contributed by atoms with E-state index >= 15 is 0 Å². The summed E-state index contributed by atoms with van der Waals surface area (Å²) in [5, 5.41) is 3.09. The van der Waals surface area contributed by atoms with Crippen molar-refractivity contribution in [1.29, 1.82) is 0 Å². The van der Waals surface area contributed by atoms with Crippen molar-refractivity contribution in [3.63, 3.8) is 0 Å². The highest BCUT2D eigenvalue weighted by Gasteiger charge is 2.36. The second-order valence-electron chi connectivity index (χ2n) is 6.68. The number of carbonyl (C=O) groups is 1. The van der Waals surface area contributed by atoms with E-state index in [1.807, 2.05) is 19.1 Å². The Labute approximate surface area is 139 Å². The molecule has 1 heterocycles. The summed E-state index contributed by atoms with van der Waals surface area (Å²) in [4.78, 5) is 16.2. The molecule has 0 saturated heterocycles. The standard InChI is InChI=1S/C17H20N2OS2/c1-9-8-17(3,4)11-6-5-7-12(13(9)11)19-15(20)14-10(2)18-16(21)22-14/h5-7,9H,8H2,1-4H3,(H,18,21)(H,19,20). The number of H-pyrrole nitrogens is 1. The van der Waals surface area contributed by atoms with Gasteiger partial charge in [-0.15, -0.1) is 0 Å². The number of benzene rings is 1. The zero-order chi connectivity index (χ0) is 16.1. The summed E-state index contributed by atoms with van der Waals surface area (Å²) in [6.07, 6.45) is 1.11. The van der Waals surface area contributed by atoms with Crippen LogP contribution < -0.4 is 5.32 Å². The van der Waals surface area contributed by atoms with Gasteiger partial charge in [-0.2, -0.15) is 0 Å². The van der Waals surface area contributed by atoms with E-state index in [-0.39, 0.29) is 11.3 Å². The maximum Gasteiger partial charge on any atom is 0.267 e. The number of fused-ring (bicyclic) bond motifs is 1. The van der Waals surface area contributed by atoms with Crippen LogP contribution >= 0.6 is 23.6 Å². The van der Waals surface area contributed by atoms with Crippen molar-refractivity contribution in [2.45, 2.75) is 45.4 Å². The average Bonchev–Trinajstić information content (AvgIpc) is 2.87. The van der Waals surface area contributed by atoms with Gasteiger partial charge < -0.3 is 10.3 Å². The van der Waals surface area contributed by atoms with Gasteiger partial charge in [-0.25, -0.2) is 0 Å². The molecule has 1 aliphatic rings. The third kappa shape index (κ3) is 2.52. The quantitative estimate of drug-likeness (QED) is 0.747. The van der Waals surface area contributed by atoms with E-state index < -0.39 is 0 Å². The molecule has 2 aromatic rings. The van der Waals surface area contributed by atoms with Crippen molar-refractivity contribution in [3.8, 4) is 0 Å². The molecule has 1 aliphatic carbocycles. The van der Waals surface area contributed by atoms with Crippen molar-refractivity contribution in [1.82, 2.24) is 4.98 Å². The normalized spacial score (nSPS) is 19.0. The summed E-state index contributed by atoms with van der Waals surface area (Å²) in [6.45, 7) is 8.64. The number of thiazole rings is 1. The van der Waals surface area contributed by atoms with E-state index in [1.54, 1.807) is 0 Å². The number of hydrogen-bond donors (Lipinski definition) is 2. The lowest BCUT2D eigenvalue weighted by atomic mass is 9.86. The maximum absolute atomic E-state index is 12.5. The molecule has 0 radical (unpaired) electrons. The number of rotatable bonds is 2. The molecule has 1 unspecified atom stereocenters. The Balaban J connectivity index is 1.98. The van der Waals surface area contributed by atoms with Gasteiger partial charge >= 0.3 is 0 Å². The van der Waals surface area contributed by atoms with E-state index in [0.717, 1.165) is 17.8 Å². The Morgan fingerprint density at radius 3 is 2.82 bits per heavy atom. The minimum atomic E-state index is -0.0832. The molecule has 1 atom stereocenters. The van der Waals surface area contributed by atoms with Crippen molar-refractivity contribution in [2.24, 2.45) is 0 Å². The Kier molecular flexibility index (Phi) is 3.73. The summed E-state index contributed by atoms with van der Waals surface area (Å²) in [6, 6.07) is 6.20. The van der Waals surface area contributed by atoms with E-state index in [9.17, 15) is 4.79 Å². The molecule has 0 saturated carbocycles. The van der Waals surface area contributed by atoms with Crippen LogP contribution in [0.3, 0.4) is 0 Å². The minimum Gasteiger partial charge on any atom is -0.340 e. The molecule has 5 heteroatoms. The number of nitrogens with one attached hydrogen (secondary N) is 2. The minimum absolute atomic E-state index is 0.0832. The monoisotopic (exact) mass is 332 g/mol. The lowest BCUT2D eigenvalue weighted by molar-refractivity contribution is 0.102. The number of hydrogen-bond acceptors (Lipinski definition) is 3. The molecular formula is C17H20N2OS2. The molecule has 0 fully saturated rings. The maximum atomic E-state index is 12.5. The number of carbonyl (C=O) groups excluding carboxylic acids is 1. The summed E-state index contributed by atoms with van der Waals surface area (Å²) in [5.74, 6) is 0.368. The SMILES string of the molecule is Cc1[nH]c(=S)sc1C(=O)Nc1cccc2c1C(C)CC2(C)C. The molecule has 2 N–H and O–H groups in total. The topological polar surface area (TPSA) is 44.9 Å². The highest BCUT2D eigenvalue weighted by Crippen LogP contribution is 2.48. The van der Waals surface area contributed by atoms with E-state index in [1.165, 1.54) is 22.5 Å². The van der Waals surface area contributed by atoms with Crippen LogP contribution in [-0.4, -0.2) is 10.9 Å². The summed E-state index contributed by atoms with van der Waals surface area (Å²) >= 11 is 6.44. The van der Waals surface area contributed by atoms with Gasteiger partial charge in [-0.05, 0) is 54.1 Å². The van der Waals surface area contributed by atoms with Crippen molar-refractivity contribution in [3.05, 3.63) is 43.9 Å².